The van der Waals surface area contributed by atoms with Crippen molar-refractivity contribution in [1.29, 1.82) is 0 Å². The first-order valence-electron chi connectivity index (χ1n) is 13.7. The second kappa shape index (κ2) is 23.1. The first kappa shape index (κ1) is 41.8. The number of methoxy groups -OCH3 is 1. The average molecular weight is 574 g/mol. The van der Waals surface area contributed by atoms with E-state index >= 15 is 0 Å². The molecular formula is C31H57F2N3O4. The zero-order valence-corrected chi connectivity index (χ0v) is 25.7. The van der Waals surface area contributed by atoms with Gasteiger partial charge in [0.05, 0.1) is 38.1 Å². The highest BCUT2D eigenvalue weighted by molar-refractivity contribution is 5.69. The molecule has 0 bridgehead atoms. The van der Waals surface area contributed by atoms with Gasteiger partial charge < -0.3 is 29.8 Å². The number of halogens is 2. The Bertz CT molecular complexity index is 821. The van der Waals surface area contributed by atoms with E-state index in [1.54, 1.807) is 4.90 Å². The molecule has 2 atom stereocenters. The van der Waals surface area contributed by atoms with E-state index in [1.165, 1.54) is 7.11 Å². The lowest BCUT2D eigenvalue weighted by atomic mass is 9.91. The first-order valence-corrected chi connectivity index (χ1v) is 13.7. The normalized spacial score (nSPS) is 17.0. The van der Waals surface area contributed by atoms with Gasteiger partial charge in [0, 0.05) is 39.4 Å². The lowest BCUT2D eigenvalue weighted by Gasteiger charge is -2.39. The highest BCUT2D eigenvalue weighted by atomic mass is 19.3. The number of piperidine rings is 1. The summed E-state index contributed by atoms with van der Waals surface area (Å²) in [7, 11) is 4.93. The van der Waals surface area contributed by atoms with Crippen LogP contribution in [0.2, 0.25) is 0 Å². The predicted octanol–water partition coefficient (Wildman–Crippen LogP) is 6.49. The van der Waals surface area contributed by atoms with Crippen molar-refractivity contribution >= 4 is 12.8 Å². The van der Waals surface area contributed by atoms with E-state index in [0.717, 1.165) is 29.8 Å². The number of likely N-dealkylation sites (tertiary alicyclic amines) is 1. The maximum atomic E-state index is 14.5. The summed E-state index contributed by atoms with van der Waals surface area (Å²) in [5.41, 5.74) is 3.97. The molecule has 1 aliphatic heterocycles. The molecule has 0 radical (unpaired) electrons. The SMILES string of the molecule is C.C=C(/C=C\C(=C(C)C)N1C[C@@H](CC(=O)OC)CC(F)(F)C1)/C(NC)=C(\COCC(C)CCC)NC.C=O.CC. The van der Waals surface area contributed by atoms with Gasteiger partial charge in [-0.3, -0.25) is 4.79 Å². The summed E-state index contributed by atoms with van der Waals surface area (Å²) < 4.78 is 39.7. The Morgan fingerprint density at radius 3 is 2.25 bits per heavy atom. The quantitative estimate of drug-likeness (QED) is 0.182. The van der Waals surface area contributed by atoms with Gasteiger partial charge in [0.1, 0.15) is 6.79 Å². The molecule has 40 heavy (non-hydrogen) atoms. The van der Waals surface area contributed by atoms with Crippen LogP contribution in [-0.2, 0) is 19.1 Å². The zero-order valence-electron chi connectivity index (χ0n) is 25.7. The predicted molar refractivity (Wildman–Crippen MR) is 163 cm³/mol. The van der Waals surface area contributed by atoms with Crippen molar-refractivity contribution in [3.63, 3.8) is 0 Å². The van der Waals surface area contributed by atoms with Crippen LogP contribution in [0.15, 0.2) is 47.0 Å². The first-order chi connectivity index (χ1) is 18.5. The Kier molecular flexibility index (Phi) is 24.1. The van der Waals surface area contributed by atoms with Gasteiger partial charge in [-0.25, -0.2) is 8.78 Å². The third kappa shape index (κ3) is 15.8. The second-order valence-electron chi connectivity index (χ2n) is 9.59. The number of nitrogens with zero attached hydrogens (tertiary/aromatic N) is 1. The Labute approximate surface area is 243 Å². The van der Waals surface area contributed by atoms with E-state index in [0.29, 0.717) is 36.9 Å². The van der Waals surface area contributed by atoms with Gasteiger partial charge in [-0.2, -0.15) is 0 Å². The summed E-state index contributed by atoms with van der Waals surface area (Å²) in [4.78, 5) is 21.4. The Balaban J connectivity index is -0.00000261. The standard InChI is InChI=1S/C27H45F2N3O3.C2H6.CH2O.CH4/c1-9-10-20(4)16-35-17-23(30-6)26(31-7)21(5)11-12-24(19(2)3)32-15-22(13-25(33)34-8)14-27(28,29)18-32;2*1-2;/h11-12,20,22,30-31H,5,9-10,13-18H2,1-4,6-8H3;1-2H3;1H2;1H4/b12-11-,26-23-;;;/t20?,22-;;;/m0.../s1. The van der Waals surface area contributed by atoms with Gasteiger partial charge >= 0.3 is 5.97 Å². The maximum absolute atomic E-state index is 14.5. The monoisotopic (exact) mass is 573 g/mol. The molecule has 1 rings (SSSR count). The van der Waals surface area contributed by atoms with Crippen LogP contribution in [0.25, 0.3) is 0 Å². The Morgan fingerprint density at radius 2 is 1.77 bits per heavy atom. The number of hydrogen-bond donors (Lipinski definition) is 2. The zero-order chi connectivity index (χ0) is 30.6. The summed E-state index contributed by atoms with van der Waals surface area (Å²) in [5, 5.41) is 6.37. The number of rotatable bonds is 14. The maximum Gasteiger partial charge on any atom is 0.305 e. The van der Waals surface area contributed by atoms with Crippen molar-refractivity contribution in [2.24, 2.45) is 11.8 Å². The van der Waals surface area contributed by atoms with Gasteiger partial charge in [0.25, 0.3) is 5.92 Å². The molecule has 0 aromatic heterocycles. The number of ether oxygens (including phenoxy) is 2. The number of hydrogen-bond acceptors (Lipinski definition) is 7. The smallest absolute Gasteiger partial charge is 0.305 e. The van der Waals surface area contributed by atoms with Crippen molar-refractivity contribution < 1.29 is 27.8 Å². The molecule has 0 saturated carbocycles. The van der Waals surface area contributed by atoms with Crippen molar-refractivity contribution in [2.45, 2.75) is 80.6 Å². The van der Waals surface area contributed by atoms with Gasteiger partial charge in [-0.15, -0.1) is 0 Å². The number of likely N-dealkylation sites (N-methyl/N-ethyl adjacent to an activating group) is 2. The summed E-state index contributed by atoms with van der Waals surface area (Å²) in [6.07, 6.45) is 5.55. The van der Waals surface area contributed by atoms with Crippen LogP contribution in [0.1, 0.15) is 74.7 Å². The molecule has 9 heteroatoms. The molecular weight excluding hydrogens is 516 g/mol. The number of allylic oxidation sites excluding steroid dienone is 3. The molecule has 0 aliphatic carbocycles. The fraction of sp³-hybridized carbons (Fsp3) is 0.677. The Morgan fingerprint density at radius 1 is 1.18 bits per heavy atom. The summed E-state index contributed by atoms with van der Waals surface area (Å²) in [5.74, 6) is -3.34. The summed E-state index contributed by atoms with van der Waals surface area (Å²) in [6, 6.07) is 0. The van der Waals surface area contributed by atoms with E-state index in [2.05, 4.69) is 31.1 Å². The highest BCUT2D eigenvalue weighted by Gasteiger charge is 2.41. The number of esters is 1. The minimum atomic E-state index is -2.88. The minimum absolute atomic E-state index is 0. The Hall–Kier alpha value is -2.68. The van der Waals surface area contributed by atoms with Crippen LogP contribution in [-0.4, -0.2) is 71.1 Å². The molecule has 2 N–H and O–H groups in total. The lowest BCUT2D eigenvalue weighted by molar-refractivity contribution is -0.144. The number of carbonyl (C=O) groups excluding carboxylic acids is 2. The fourth-order valence-electron chi connectivity index (χ4n) is 4.41. The van der Waals surface area contributed by atoms with E-state index < -0.39 is 17.8 Å². The van der Waals surface area contributed by atoms with Crippen molar-refractivity contribution in [3.05, 3.63) is 47.0 Å². The minimum Gasteiger partial charge on any atom is -0.469 e. The van der Waals surface area contributed by atoms with E-state index in [9.17, 15) is 13.6 Å². The van der Waals surface area contributed by atoms with Gasteiger partial charge in [0.2, 0.25) is 0 Å². The van der Waals surface area contributed by atoms with Crippen molar-refractivity contribution in [3.8, 4) is 0 Å². The van der Waals surface area contributed by atoms with Crippen LogP contribution in [0, 0.1) is 11.8 Å². The molecule has 1 heterocycles. The molecule has 0 aromatic rings. The third-order valence-corrected chi connectivity index (χ3v) is 6.07. The van der Waals surface area contributed by atoms with Gasteiger partial charge in [-0.05, 0) is 43.8 Å². The molecule has 0 spiro atoms. The van der Waals surface area contributed by atoms with E-state index in [4.69, 9.17) is 14.3 Å². The molecule has 1 aliphatic rings. The number of carbonyl (C=O) groups is 2. The molecule has 7 nitrogen and oxygen atoms in total. The van der Waals surface area contributed by atoms with Crippen LogP contribution < -0.4 is 10.6 Å². The van der Waals surface area contributed by atoms with Crippen LogP contribution in [0.4, 0.5) is 8.78 Å². The van der Waals surface area contributed by atoms with Gasteiger partial charge in [0.15, 0.2) is 0 Å². The number of nitrogens with one attached hydrogen (secondary N) is 2. The van der Waals surface area contributed by atoms with Crippen LogP contribution in [0.3, 0.4) is 0 Å². The van der Waals surface area contributed by atoms with E-state index in [-0.39, 0.29) is 26.8 Å². The van der Waals surface area contributed by atoms with E-state index in [1.807, 2.05) is 60.7 Å². The van der Waals surface area contributed by atoms with Crippen LogP contribution in [0.5, 0.6) is 0 Å². The molecule has 234 valence electrons. The topological polar surface area (TPSA) is 79.9 Å². The fourth-order valence-corrected chi connectivity index (χ4v) is 4.41. The highest BCUT2D eigenvalue weighted by Crippen LogP contribution is 2.35. The van der Waals surface area contributed by atoms with Crippen LogP contribution >= 0.6 is 0 Å². The largest absolute Gasteiger partial charge is 0.469 e. The molecule has 1 fully saturated rings. The molecule has 0 amide bonds. The van der Waals surface area contributed by atoms with Gasteiger partial charge in [-0.1, -0.05) is 59.8 Å². The lowest BCUT2D eigenvalue weighted by Crippen LogP contribution is -2.47. The second-order valence-corrected chi connectivity index (χ2v) is 9.59. The summed E-state index contributed by atoms with van der Waals surface area (Å²) >= 11 is 0. The number of alkyl halides is 2. The van der Waals surface area contributed by atoms with Crippen molar-refractivity contribution in [1.82, 2.24) is 15.5 Å². The summed E-state index contributed by atoms with van der Waals surface area (Å²) in [6.45, 7) is 19.4. The molecule has 1 unspecified atom stereocenters. The molecule has 1 saturated heterocycles. The molecule has 0 aromatic carbocycles. The average Bonchev–Trinajstić information content (AvgIpc) is 2.89. The third-order valence-electron chi connectivity index (χ3n) is 6.07. The van der Waals surface area contributed by atoms with Crippen molar-refractivity contribution in [2.75, 3.05) is 47.5 Å².